The topological polar surface area (TPSA) is 43.8 Å². The van der Waals surface area contributed by atoms with Gasteiger partial charge in [0.25, 0.3) is 0 Å². The van der Waals surface area contributed by atoms with Crippen LogP contribution in [-0.2, 0) is 4.79 Å². The van der Waals surface area contributed by atoms with E-state index in [2.05, 4.69) is 15.9 Å². The Bertz CT molecular complexity index is 464. The van der Waals surface area contributed by atoms with Crippen LogP contribution in [0.3, 0.4) is 0 Å². The van der Waals surface area contributed by atoms with Gasteiger partial charge in [0.2, 0.25) is 5.91 Å². The summed E-state index contributed by atoms with van der Waals surface area (Å²) in [7, 11) is 1.77. The van der Waals surface area contributed by atoms with Gasteiger partial charge in [-0.3, -0.25) is 4.79 Å². The van der Waals surface area contributed by atoms with Gasteiger partial charge < -0.3 is 14.9 Å². The first-order valence-electron chi connectivity index (χ1n) is 5.93. The van der Waals surface area contributed by atoms with E-state index in [4.69, 9.17) is 0 Å². The van der Waals surface area contributed by atoms with Crippen molar-refractivity contribution >= 4 is 27.5 Å². The van der Waals surface area contributed by atoms with Gasteiger partial charge in [-0.2, -0.15) is 0 Å². The van der Waals surface area contributed by atoms with Gasteiger partial charge in [-0.25, -0.2) is 0 Å². The molecule has 1 saturated heterocycles. The minimum atomic E-state index is -0.469. The van der Waals surface area contributed by atoms with Gasteiger partial charge in [-0.05, 0) is 30.7 Å². The van der Waals surface area contributed by atoms with Crippen LogP contribution in [0.15, 0.2) is 22.7 Å². The summed E-state index contributed by atoms with van der Waals surface area (Å²) in [6.07, 6.45) is 0. The van der Waals surface area contributed by atoms with Crippen molar-refractivity contribution < 1.29 is 9.90 Å². The maximum Gasteiger partial charge on any atom is 0.247 e. The molecule has 0 spiro atoms. The van der Waals surface area contributed by atoms with Gasteiger partial charge in [-0.15, -0.1) is 0 Å². The molecule has 4 nitrogen and oxygen atoms in total. The second-order valence-corrected chi connectivity index (χ2v) is 5.50. The number of hydrogen-bond donors (Lipinski definition) is 1. The van der Waals surface area contributed by atoms with E-state index in [1.54, 1.807) is 11.9 Å². The Morgan fingerprint density at radius 1 is 1.44 bits per heavy atom. The van der Waals surface area contributed by atoms with Crippen molar-refractivity contribution in [1.82, 2.24) is 4.90 Å². The zero-order valence-electron chi connectivity index (χ0n) is 10.6. The van der Waals surface area contributed by atoms with Crippen molar-refractivity contribution in [3.63, 3.8) is 0 Å². The molecule has 98 valence electrons. The second kappa shape index (κ2) is 5.28. The Kier molecular flexibility index (Phi) is 3.92. The first-order chi connectivity index (χ1) is 8.54. The van der Waals surface area contributed by atoms with E-state index >= 15 is 0 Å². The number of hydrogen-bond acceptors (Lipinski definition) is 3. The molecule has 0 aliphatic carbocycles. The molecule has 0 radical (unpaired) electrons. The normalized spacial score (nSPS) is 20.4. The molecule has 18 heavy (non-hydrogen) atoms. The summed E-state index contributed by atoms with van der Waals surface area (Å²) in [6, 6.07) is 5.50. The highest BCUT2D eigenvalue weighted by atomic mass is 79.9. The number of halogens is 1. The number of aliphatic hydroxyl groups is 1. The molecule has 1 unspecified atom stereocenters. The zero-order chi connectivity index (χ0) is 13.3. The lowest BCUT2D eigenvalue weighted by Gasteiger charge is -2.40. The van der Waals surface area contributed by atoms with Crippen LogP contribution in [0.1, 0.15) is 5.56 Å². The van der Waals surface area contributed by atoms with Gasteiger partial charge in [0.15, 0.2) is 0 Å². The number of aryl methyl sites for hydroxylation is 1. The van der Waals surface area contributed by atoms with Gasteiger partial charge in [-0.1, -0.05) is 15.9 Å². The molecule has 1 atom stereocenters. The predicted molar refractivity (Wildman–Crippen MR) is 74.7 cm³/mol. The number of aliphatic hydroxyl groups excluding tert-OH is 1. The largest absolute Gasteiger partial charge is 0.394 e. The highest BCUT2D eigenvalue weighted by Crippen LogP contribution is 2.27. The number of carbonyl (C=O) groups is 1. The third-order valence-corrected chi connectivity index (χ3v) is 3.85. The van der Waals surface area contributed by atoms with Crippen molar-refractivity contribution in [2.24, 2.45) is 0 Å². The molecule has 0 bridgehead atoms. The van der Waals surface area contributed by atoms with Gasteiger partial charge in [0, 0.05) is 30.3 Å². The fourth-order valence-corrected chi connectivity index (χ4v) is 2.79. The van der Waals surface area contributed by atoms with Crippen LogP contribution in [0.5, 0.6) is 0 Å². The summed E-state index contributed by atoms with van der Waals surface area (Å²) in [4.78, 5) is 15.7. The Morgan fingerprint density at radius 3 is 2.78 bits per heavy atom. The van der Waals surface area contributed by atoms with E-state index in [-0.39, 0.29) is 12.5 Å². The molecule has 1 aromatic rings. The summed E-state index contributed by atoms with van der Waals surface area (Å²) in [5.41, 5.74) is 2.11. The number of likely N-dealkylation sites (N-methyl/N-ethyl adjacent to an activating group) is 1. The molecule has 1 aromatic carbocycles. The molecule has 1 amide bonds. The SMILES string of the molecule is Cc1cc(Br)ccc1N1CCN(C)C(=O)C1CO. The van der Waals surface area contributed by atoms with Gasteiger partial charge >= 0.3 is 0 Å². The maximum absolute atomic E-state index is 12.0. The molecule has 0 aromatic heterocycles. The highest BCUT2D eigenvalue weighted by Gasteiger charge is 2.33. The van der Waals surface area contributed by atoms with Crippen LogP contribution in [0.2, 0.25) is 0 Å². The zero-order valence-corrected chi connectivity index (χ0v) is 12.1. The average molecular weight is 313 g/mol. The number of carbonyl (C=O) groups excluding carboxylic acids is 1. The predicted octanol–water partition coefficient (Wildman–Crippen LogP) is 1.40. The summed E-state index contributed by atoms with van der Waals surface area (Å²) >= 11 is 3.43. The minimum absolute atomic E-state index is 0.0222. The first-order valence-corrected chi connectivity index (χ1v) is 6.72. The Balaban J connectivity index is 2.34. The summed E-state index contributed by atoms with van der Waals surface area (Å²) in [6.45, 7) is 3.29. The molecule has 1 fully saturated rings. The fourth-order valence-electron chi connectivity index (χ4n) is 2.32. The Hall–Kier alpha value is -1.07. The summed E-state index contributed by atoms with van der Waals surface area (Å²) in [5, 5.41) is 9.46. The molecule has 1 aliphatic heterocycles. The number of nitrogens with zero attached hydrogens (tertiary/aromatic N) is 2. The summed E-state index contributed by atoms with van der Waals surface area (Å²) < 4.78 is 1.02. The number of rotatable bonds is 2. The van der Waals surface area contributed by atoms with E-state index in [0.717, 1.165) is 22.3 Å². The molecule has 2 rings (SSSR count). The molecule has 1 aliphatic rings. The second-order valence-electron chi connectivity index (χ2n) is 4.58. The fraction of sp³-hybridized carbons (Fsp3) is 0.462. The Morgan fingerprint density at radius 2 is 2.17 bits per heavy atom. The smallest absolute Gasteiger partial charge is 0.247 e. The van der Waals surface area contributed by atoms with Crippen LogP contribution < -0.4 is 4.90 Å². The first kappa shape index (κ1) is 13.4. The Labute approximate surface area is 115 Å². The third-order valence-electron chi connectivity index (χ3n) is 3.36. The van der Waals surface area contributed by atoms with E-state index < -0.39 is 6.04 Å². The number of anilines is 1. The monoisotopic (exact) mass is 312 g/mol. The maximum atomic E-state index is 12.0. The standard InChI is InChI=1S/C13H17BrN2O2/c1-9-7-10(14)3-4-11(9)16-6-5-15(2)13(18)12(16)8-17/h3-4,7,12,17H,5-6,8H2,1-2H3. The van der Waals surface area contributed by atoms with Crippen LogP contribution in [-0.4, -0.2) is 48.7 Å². The number of benzene rings is 1. The molecule has 1 N–H and O–H groups in total. The molecule has 0 saturated carbocycles. The minimum Gasteiger partial charge on any atom is -0.394 e. The van der Waals surface area contributed by atoms with Crippen LogP contribution in [0, 0.1) is 6.92 Å². The van der Waals surface area contributed by atoms with E-state index in [9.17, 15) is 9.90 Å². The lowest BCUT2D eigenvalue weighted by atomic mass is 10.1. The highest BCUT2D eigenvalue weighted by molar-refractivity contribution is 9.10. The molecule has 5 heteroatoms. The number of amides is 1. The van der Waals surface area contributed by atoms with Crippen molar-refractivity contribution in [3.05, 3.63) is 28.2 Å². The van der Waals surface area contributed by atoms with E-state index in [0.29, 0.717) is 6.54 Å². The third kappa shape index (κ3) is 2.37. The van der Waals surface area contributed by atoms with Crippen LogP contribution >= 0.6 is 15.9 Å². The summed E-state index contributed by atoms with van der Waals surface area (Å²) in [5.74, 6) is -0.0222. The quantitative estimate of drug-likeness (QED) is 0.897. The van der Waals surface area contributed by atoms with Crippen LogP contribution in [0.25, 0.3) is 0 Å². The molecular weight excluding hydrogens is 296 g/mol. The van der Waals surface area contributed by atoms with Crippen molar-refractivity contribution in [2.75, 3.05) is 31.6 Å². The lowest BCUT2D eigenvalue weighted by Crippen LogP contribution is -2.57. The molecule has 1 heterocycles. The van der Waals surface area contributed by atoms with Gasteiger partial charge in [0.1, 0.15) is 6.04 Å². The van der Waals surface area contributed by atoms with E-state index in [1.807, 2.05) is 30.0 Å². The van der Waals surface area contributed by atoms with Gasteiger partial charge in [0.05, 0.1) is 6.61 Å². The average Bonchev–Trinajstić information content (AvgIpc) is 2.33. The number of piperazine rings is 1. The van der Waals surface area contributed by atoms with E-state index in [1.165, 1.54) is 0 Å². The van der Waals surface area contributed by atoms with Crippen LogP contribution in [0.4, 0.5) is 5.69 Å². The van der Waals surface area contributed by atoms with Crippen molar-refractivity contribution in [3.8, 4) is 0 Å². The lowest BCUT2D eigenvalue weighted by molar-refractivity contribution is -0.133. The molecular formula is C13H17BrN2O2. The van der Waals surface area contributed by atoms with Crippen molar-refractivity contribution in [1.29, 1.82) is 0 Å². The van der Waals surface area contributed by atoms with Crippen molar-refractivity contribution in [2.45, 2.75) is 13.0 Å².